The predicted octanol–water partition coefficient (Wildman–Crippen LogP) is 5.01. The summed E-state index contributed by atoms with van der Waals surface area (Å²) in [5.41, 5.74) is 14.4. The number of anilines is 3. The fourth-order valence-electron chi connectivity index (χ4n) is 7.10. The van der Waals surface area contributed by atoms with Gasteiger partial charge in [0.05, 0.1) is 58.3 Å². The monoisotopic (exact) mass is 1000 g/mol. The fraction of sp³-hybridized carbons (Fsp3) is 0.186. The average Bonchev–Trinajstić information content (AvgIpc) is 4.07. The second kappa shape index (κ2) is 20.5. The number of hydrogen-bond acceptors (Lipinski definition) is 23. The van der Waals surface area contributed by atoms with Crippen molar-refractivity contribution < 1.29 is 39.9 Å². The van der Waals surface area contributed by atoms with Crippen molar-refractivity contribution in [1.29, 1.82) is 5.26 Å². The number of carboxylic acid groups (broad SMARTS) is 3. The summed E-state index contributed by atoms with van der Waals surface area (Å²) in [6.45, 7) is 12.8. The summed E-state index contributed by atoms with van der Waals surface area (Å²) in [6.07, 6.45) is 0.135. The number of aromatic carboxylic acids is 2. The van der Waals surface area contributed by atoms with Crippen molar-refractivity contribution in [3.05, 3.63) is 105 Å². The lowest BCUT2D eigenvalue weighted by atomic mass is 10.1. The molecule has 6 heterocycles. The van der Waals surface area contributed by atoms with Crippen molar-refractivity contribution in [3.63, 3.8) is 0 Å². The molecule has 8 aromatic rings. The van der Waals surface area contributed by atoms with Gasteiger partial charge >= 0.3 is 29.9 Å². The number of aryl methyl sites for hydroxylation is 5. The van der Waals surface area contributed by atoms with Crippen LogP contribution >= 0.6 is 0 Å². The van der Waals surface area contributed by atoms with Crippen LogP contribution in [0, 0.1) is 38.7 Å². The third-order valence-electron chi connectivity index (χ3n) is 10.6. The molecule has 0 bridgehead atoms. The number of aliphatic carboxylic acids is 1. The van der Waals surface area contributed by atoms with Crippen molar-refractivity contribution in [2.75, 3.05) is 23.3 Å². The minimum absolute atomic E-state index is 0.00623. The lowest BCUT2D eigenvalue weighted by Crippen LogP contribution is -2.13. The van der Waals surface area contributed by atoms with Gasteiger partial charge in [-0.05, 0) is 88.6 Å². The smallest absolute Gasteiger partial charge is 0.335 e. The minimum Gasteiger partial charge on any atom is -0.481 e. The van der Waals surface area contributed by atoms with Gasteiger partial charge in [0.1, 0.15) is 17.5 Å². The summed E-state index contributed by atoms with van der Waals surface area (Å²) < 4.78 is 4.78. The van der Waals surface area contributed by atoms with E-state index in [4.69, 9.17) is 33.3 Å². The van der Waals surface area contributed by atoms with Gasteiger partial charge in [-0.3, -0.25) is 4.79 Å². The summed E-state index contributed by atoms with van der Waals surface area (Å²) in [5, 5.41) is 97.2. The second-order valence-corrected chi connectivity index (χ2v) is 15.5. The quantitative estimate of drug-likeness (QED) is 0.0413. The van der Waals surface area contributed by atoms with E-state index in [0.717, 1.165) is 9.36 Å². The number of nitrogen functional groups attached to an aromatic ring is 2. The Hall–Kier alpha value is -11.1. The Balaban J connectivity index is 1.13. The second-order valence-electron chi connectivity index (χ2n) is 15.5. The number of benzene rings is 2. The molecule has 0 saturated carbocycles. The van der Waals surface area contributed by atoms with Gasteiger partial charge < -0.3 is 42.3 Å². The largest absolute Gasteiger partial charge is 0.481 e. The Morgan fingerprint density at radius 3 is 1.69 bits per heavy atom. The highest BCUT2D eigenvalue weighted by Crippen LogP contribution is 2.39. The zero-order valence-corrected chi connectivity index (χ0v) is 38.7. The van der Waals surface area contributed by atoms with Gasteiger partial charge in [-0.2, -0.15) is 64.9 Å². The highest BCUT2D eigenvalue weighted by Gasteiger charge is 2.25. The van der Waals surface area contributed by atoms with Crippen LogP contribution in [-0.2, 0) is 17.6 Å². The maximum atomic E-state index is 11.7. The molecule has 372 valence electrons. The number of nitrogens with zero attached hydrogens (tertiary/aromatic N) is 20. The minimum atomic E-state index is -1.18. The summed E-state index contributed by atoms with van der Waals surface area (Å²) in [5.74, 6) is -4.09. The number of nitrogens with one attached hydrogen (secondary N) is 1. The Morgan fingerprint density at radius 1 is 0.676 bits per heavy atom. The van der Waals surface area contributed by atoms with Crippen LogP contribution < -0.4 is 16.8 Å². The first kappa shape index (κ1) is 49.3. The molecule has 0 fully saturated rings. The van der Waals surface area contributed by atoms with Crippen LogP contribution in [0.3, 0.4) is 0 Å². The molecule has 31 nitrogen and oxygen atoms in total. The van der Waals surface area contributed by atoms with E-state index in [0.29, 0.717) is 11.4 Å². The molecule has 31 heteroatoms. The summed E-state index contributed by atoms with van der Waals surface area (Å²) >= 11 is 0. The summed E-state index contributed by atoms with van der Waals surface area (Å²) in [4.78, 5) is 61.8. The topological polar surface area (TPSA) is 443 Å². The van der Waals surface area contributed by atoms with Gasteiger partial charge in [-0.1, -0.05) is 0 Å². The zero-order chi connectivity index (χ0) is 53.0. The van der Waals surface area contributed by atoms with Crippen molar-refractivity contribution in [3.8, 4) is 41.4 Å². The van der Waals surface area contributed by atoms with Crippen LogP contribution in [0.4, 0.5) is 46.3 Å². The number of hydrogen-bond donors (Lipinski definition) is 8. The van der Waals surface area contributed by atoms with E-state index >= 15 is 0 Å². The molecule has 0 aliphatic carbocycles. The number of nitrogens with two attached hydrogens (primary N) is 2. The SMILES string of the molecule is [C-]#[N+]c1c(CCCc2nn(-c3ccc(C(=O)O)cc3)c(/N=N/c3c(C)nn(-c4nc(C)nc(O)n4)c3N)c2C#N)nn(-c2ccc(C(=O)O)cc2)c1/N=N/c1c(C)nn(-c2nc(O)nc(NCCC(=O)O)n2)c1N. The van der Waals surface area contributed by atoms with Crippen LogP contribution in [0.15, 0.2) is 69.0 Å². The van der Waals surface area contributed by atoms with E-state index in [1.165, 1.54) is 64.8 Å². The molecule has 2 aromatic carbocycles. The molecule has 0 atom stereocenters. The third-order valence-corrected chi connectivity index (χ3v) is 10.6. The van der Waals surface area contributed by atoms with Crippen molar-refractivity contribution >= 4 is 64.2 Å². The molecule has 10 N–H and O–H groups in total. The lowest BCUT2D eigenvalue weighted by molar-refractivity contribution is -0.136. The van der Waals surface area contributed by atoms with Crippen LogP contribution in [0.5, 0.6) is 12.0 Å². The van der Waals surface area contributed by atoms with E-state index in [2.05, 4.69) is 76.8 Å². The Morgan fingerprint density at radius 2 is 1.18 bits per heavy atom. The van der Waals surface area contributed by atoms with Crippen LogP contribution in [0.25, 0.3) is 28.1 Å². The molecule has 74 heavy (non-hydrogen) atoms. The molecule has 0 aliphatic rings. The molecule has 0 radical (unpaired) electrons. The molecule has 8 rings (SSSR count). The van der Waals surface area contributed by atoms with Crippen molar-refractivity contribution in [1.82, 2.24) is 69.0 Å². The van der Waals surface area contributed by atoms with Crippen molar-refractivity contribution in [2.24, 2.45) is 20.5 Å². The van der Waals surface area contributed by atoms with Crippen LogP contribution in [0.2, 0.25) is 0 Å². The number of azo groups is 2. The summed E-state index contributed by atoms with van der Waals surface area (Å²) in [7, 11) is 0. The molecule has 0 spiro atoms. The molecule has 0 saturated heterocycles. The van der Waals surface area contributed by atoms with Gasteiger partial charge in [-0.25, -0.2) is 23.8 Å². The number of carboxylic acids is 3. The van der Waals surface area contributed by atoms with E-state index in [-0.39, 0.29) is 136 Å². The third kappa shape index (κ3) is 10.1. The van der Waals surface area contributed by atoms with E-state index < -0.39 is 29.9 Å². The zero-order valence-electron chi connectivity index (χ0n) is 38.7. The summed E-state index contributed by atoms with van der Waals surface area (Å²) in [6, 6.07) is 12.1. The number of aromatic hydroxyl groups is 2. The molecular weight excluding hydrogens is 967 g/mol. The Labute approximate surface area is 414 Å². The first-order valence-corrected chi connectivity index (χ1v) is 21.5. The molecule has 6 aromatic heterocycles. The van der Waals surface area contributed by atoms with Crippen LogP contribution in [-0.4, -0.2) is 119 Å². The van der Waals surface area contributed by atoms with E-state index in [1.807, 2.05) is 0 Å². The molecule has 0 aliphatic heterocycles. The number of nitriles is 1. The normalized spacial score (nSPS) is 11.3. The van der Waals surface area contributed by atoms with E-state index in [1.54, 1.807) is 13.8 Å². The van der Waals surface area contributed by atoms with Gasteiger partial charge in [0.2, 0.25) is 5.95 Å². The highest BCUT2D eigenvalue weighted by molar-refractivity contribution is 5.88. The first-order chi connectivity index (χ1) is 35.4. The first-order valence-electron chi connectivity index (χ1n) is 21.5. The van der Waals surface area contributed by atoms with E-state index in [9.17, 15) is 40.1 Å². The molecular formula is C43H37N23O8. The fourth-order valence-corrected chi connectivity index (χ4v) is 7.10. The highest BCUT2D eigenvalue weighted by atomic mass is 16.4. The standard InChI is InChI=1S/C43H37N23O8/c1-19-30(33(45)65(59-19)40-49-21(3)50-42(73)53-40)55-57-35-26(18-44)27(61-63(35)24-12-8-22(9-13-24)37(69)70)6-5-7-28-32(47-4)36(64(62-28)25-14-10-23(11-15-25)38(71)72)58-56-31-20(2)60-66(34(31)46)41-51-39(52-43(74)54-41)48-17-16-29(67)68/h8-15H,5-7,16-17,45-46H2,1-3H3,(H,67,68)(H,69,70)(H,71,72)(H,49,50,53,73)(H2,48,51,52,54,74)/b57-55+,58-56+. The predicted molar refractivity (Wildman–Crippen MR) is 253 cm³/mol. The van der Waals surface area contributed by atoms with Gasteiger partial charge in [0.15, 0.2) is 34.6 Å². The van der Waals surface area contributed by atoms with Crippen molar-refractivity contribution in [2.45, 2.75) is 46.5 Å². The average molecular weight is 1000 g/mol. The van der Waals surface area contributed by atoms with Gasteiger partial charge in [0, 0.05) is 6.54 Å². The van der Waals surface area contributed by atoms with Gasteiger partial charge in [0.25, 0.3) is 17.6 Å². The number of carbonyl (C=O) groups is 3. The molecule has 0 amide bonds. The molecule has 0 unspecified atom stereocenters. The maximum absolute atomic E-state index is 11.7. The number of aromatic nitrogens is 14. The maximum Gasteiger partial charge on any atom is 0.335 e. The van der Waals surface area contributed by atoms with Crippen LogP contribution in [0.1, 0.15) is 67.7 Å². The number of rotatable bonds is 18. The lowest BCUT2D eigenvalue weighted by Gasteiger charge is -2.06. The Bertz CT molecular complexity index is 3650. The Kier molecular flexibility index (Phi) is 13.6. The van der Waals surface area contributed by atoms with Gasteiger partial charge in [-0.15, -0.1) is 20.5 Å².